The van der Waals surface area contributed by atoms with E-state index in [2.05, 4.69) is 15.1 Å². The molecule has 5 heteroatoms. The van der Waals surface area contributed by atoms with E-state index in [9.17, 15) is 9.59 Å². The second-order valence-corrected chi connectivity index (χ2v) is 7.72. The minimum atomic E-state index is 0.148. The average Bonchev–Trinajstić information content (AvgIpc) is 3.08. The molecule has 4 aliphatic rings. The van der Waals surface area contributed by atoms with Crippen molar-refractivity contribution in [2.75, 3.05) is 32.7 Å². The van der Waals surface area contributed by atoms with Gasteiger partial charge in [-0.05, 0) is 43.9 Å². The third-order valence-electron chi connectivity index (χ3n) is 6.05. The van der Waals surface area contributed by atoms with Crippen molar-refractivity contribution in [2.24, 2.45) is 17.8 Å². The van der Waals surface area contributed by atoms with E-state index in [1.807, 2.05) is 0 Å². The maximum absolute atomic E-state index is 12.7. The molecule has 0 radical (unpaired) electrons. The number of amides is 2. The van der Waals surface area contributed by atoms with E-state index in [-0.39, 0.29) is 5.91 Å². The van der Waals surface area contributed by atoms with Gasteiger partial charge in [-0.2, -0.15) is 0 Å². The molecule has 0 aromatic carbocycles. The molecular weight excluding hydrogens is 278 g/mol. The molecule has 2 bridgehead atoms. The molecule has 0 spiro atoms. The zero-order valence-corrected chi connectivity index (χ0v) is 13.3. The van der Waals surface area contributed by atoms with E-state index in [4.69, 9.17) is 0 Å². The lowest BCUT2D eigenvalue weighted by Crippen LogP contribution is -2.52. The van der Waals surface area contributed by atoms with Crippen LogP contribution in [0.5, 0.6) is 0 Å². The van der Waals surface area contributed by atoms with Crippen molar-refractivity contribution in [3.8, 4) is 0 Å². The Kier molecular flexibility index (Phi) is 3.84. The normalized spacial score (nSPS) is 34.9. The largest absolute Gasteiger partial charge is 0.352 e. The fraction of sp³-hybridized carbons (Fsp3) is 0.882. The van der Waals surface area contributed by atoms with Crippen LogP contribution >= 0.6 is 0 Å². The highest BCUT2D eigenvalue weighted by Gasteiger charge is 2.44. The molecule has 1 heterocycles. The van der Waals surface area contributed by atoms with Crippen LogP contribution in [0, 0.1) is 17.8 Å². The van der Waals surface area contributed by atoms with Crippen LogP contribution < -0.4 is 5.32 Å². The predicted octanol–water partition coefficient (Wildman–Crippen LogP) is 0.845. The smallest absolute Gasteiger partial charge is 0.234 e. The van der Waals surface area contributed by atoms with Gasteiger partial charge in [0.05, 0.1) is 6.54 Å². The minimum Gasteiger partial charge on any atom is -0.352 e. The molecule has 4 fully saturated rings. The van der Waals surface area contributed by atoms with Crippen LogP contribution in [-0.4, -0.2) is 60.4 Å². The zero-order chi connectivity index (χ0) is 15.1. The predicted molar refractivity (Wildman–Crippen MR) is 83.1 cm³/mol. The van der Waals surface area contributed by atoms with Crippen LogP contribution in [0.4, 0.5) is 0 Å². The first kappa shape index (κ1) is 14.5. The van der Waals surface area contributed by atoms with Crippen molar-refractivity contribution in [3.63, 3.8) is 0 Å². The molecule has 3 aliphatic carbocycles. The number of nitrogens with zero attached hydrogens (tertiary/aromatic N) is 2. The van der Waals surface area contributed by atoms with Crippen LogP contribution in [0.15, 0.2) is 0 Å². The SMILES string of the molecule is O=C(CN1CCN(C(=O)C2CC3CCC2C3)CC1)NC1CC1. The highest BCUT2D eigenvalue weighted by atomic mass is 16.2. The standard InChI is InChI=1S/C17H27N3O2/c21-16(18-14-3-4-14)11-19-5-7-20(8-6-19)17(22)15-10-12-1-2-13(15)9-12/h12-15H,1-11H2,(H,18,21). The Morgan fingerprint density at radius 2 is 1.73 bits per heavy atom. The van der Waals surface area contributed by atoms with Crippen LogP contribution in [0.1, 0.15) is 38.5 Å². The zero-order valence-electron chi connectivity index (χ0n) is 13.3. The average molecular weight is 305 g/mol. The summed E-state index contributed by atoms with van der Waals surface area (Å²) in [6, 6.07) is 0.438. The summed E-state index contributed by atoms with van der Waals surface area (Å²) in [6.45, 7) is 3.76. The maximum atomic E-state index is 12.7. The van der Waals surface area contributed by atoms with E-state index in [0.717, 1.165) is 51.4 Å². The number of carbonyl (C=O) groups is 2. The quantitative estimate of drug-likeness (QED) is 0.837. The molecule has 3 saturated carbocycles. The Hall–Kier alpha value is -1.10. The van der Waals surface area contributed by atoms with Crippen LogP contribution in [-0.2, 0) is 9.59 Å². The molecule has 3 unspecified atom stereocenters. The van der Waals surface area contributed by atoms with Crippen molar-refractivity contribution in [3.05, 3.63) is 0 Å². The number of hydrogen-bond acceptors (Lipinski definition) is 3. The van der Waals surface area contributed by atoms with E-state index in [0.29, 0.717) is 30.3 Å². The molecule has 2 amide bonds. The van der Waals surface area contributed by atoms with Gasteiger partial charge in [-0.25, -0.2) is 0 Å². The van der Waals surface area contributed by atoms with Gasteiger partial charge in [0.1, 0.15) is 0 Å². The number of nitrogens with one attached hydrogen (secondary N) is 1. The van der Waals surface area contributed by atoms with Crippen molar-refractivity contribution in [1.29, 1.82) is 0 Å². The maximum Gasteiger partial charge on any atom is 0.234 e. The van der Waals surface area contributed by atoms with Gasteiger partial charge in [-0.1, -0.05) is 6.42 Å². The summed E-state index contributed by atoms with van der Waals surface area (Å²) in [5.74, 6) is 2.35. The number of carbonyl (C=O) groups excluding carboxylic acids is 2. The van der Waals surface area contributed by atoms with E-state index in [1.54, 1.807) is 0 Å². The molecule has 1 aliphatic heterocycles. The first-order valence-electron chi connectivity index (χ1n) is 8.99. The minimum absolute atomic E-state index is 0.148. The monoisotopic (exact) mass is 305 g/mol. The summed E-state index contributed by atoms with van der Waals surface area (Å²) in [4.78, 5) is 28.8. The van der Waals surface area contributed by atoms with Gasteiger partial charge in [0, 0.05) is 38.1 Å². The van der Waals surface area contributed by atoms with Gasteiger partial charge in [0.15, 0.2) is 0 Å². The first-order chi connectivity index (χ1) is 10.7. The lowest BCUT2D eigenvalue weighted by molar-refractivity contribution is -0.139. The lowest BCUT2D eigenvalue weighted by Gasteiger charge is -2.37. The second kappa shape index (κ2) is 5.84. The lowest BCUT2D eigenvalue weighted by atomic mass is 9.87. The summed E-state index contributed by atoms with van der Waals surface area (Å²) in [6.07, 6.45) is 7.31. The van der Waals surface area contributed by atoms with Gasteiger partial charge >= 0.3 is 0 Å². The number of piperazine rings is 1. The second-order valence-electron chi connectivity index (χ2n) is 7.72. The molecule has 22 heavy (non-hydrogen) atoms. The van der Waals surface area contributed by atoms with Gasteiger partial charge in [0.25, 0.3) is 0 Å². The third kappa shape index (κ3) is 3.00. The molecular formula is C17H27N3O2. The van der Waals surface area contributed by atoms with Crippen molar-refractivity contribution in [1.82, 2.24) is 15.1 Å². The van der Waals surface area contributed by atoms with Gasteiger partial charge in [-0.3, -0.25) is 14.5 Å². The topological polar surface area (TPSA) is 52.7 Å². The molecule has 1 saturated heterocycles. The Bertz CT molecular complexity index is 455. The molecule has 3 atom stereocenters. The number of rotatable bonds is 4. The van der Waals surface area contributed by atoms with E-state index < -0.39 is 0 Å². The fourth-order valence-corrected chi connectivity index (χ4v) is 4.61. The summed E-state index contributed by atoms with van der Waals surface area (Å²) < 4.78 is 0. The molecule has 1 N–H and O–H groups in total. The van der Waals surface area contributed by atoms with Gasteiger partial charge in [-0.15, -0.1) is 0 Å². The Morgan fingerprint density at radius 3 is 2.32 bits per heavy atom. The molecule has 4 rings (SSSR count). The Labute approximate surface area is 132 Å². The van der Waals surface area contributed by atoms with Crippen LogP contribution in [0.25, 0.3) is 0 Å². The van der Waals surface area contributed by atoms with Gasteiger partial charge < -0.3 is 10.2 Å². The van der Waals surface area contributed by atoms with Crippen molar-refractivity contribution < 1.29 is 9.59 Å². The molecule has 122 valence electrons. The van der Waals surface area contributed by atoms with Crippen LogP contribution in [0.3, 0.4) is 0 Å². The molecule has 0 aromatic heterocycles. The van der Waals surface area contributed by atoms with Gasteiger partial charge in [0.2, 0.25) is 11.8 Å². The summed E-state index contributed by atoms with van der Waals surface area (Å²) in [5, 5.41) is 3.04. The molecule has 0 aromatic rings. The number of hydrogen-bond donors (Lipinski definition) is 1. The summed E-state index contributed by atoms with van der Waals surface area (Å²) in [7, 11) is 0. The fourth-order valence-electron chi connectivity index (χ4n) is 4.61. The highest BCUT2D eigenvalue weighted by Crippen LogP contribution is 2.48. The van der Waals surface area contributed by atoms with Crippen molar-refractivity contribution >= 4 is 11.8 Å². The Balaban J connectivity index is 1.23. The number of fused-ring (bicyclic) bond motifs is 2. The summed E-state index contributed by atoms with van der Waals surface area (Å²) in [5.41, 5.74) is 0. The van der Waals surface area contributed by atoms with Crippen LogP contribution in [0.2, 0.25) is 0 Å². The highest BCUT2D eigenvalue weighted by molar-refractivity contribution is 5.80. The van der Waals surface area contributed by atoms with E-state index in [1.165, 1.54) is 19.3 Å². The third-order valence-corrected chi connectivity index (χ3v) is 6.05. The molecule has 5 nitrogen and oxygen atoms in total. The first-order valence-corrected chi connectivity index (χ1v) is 8.99. The van der Waals surface area contributed by atoms with Crippen molar-refractivity contribution in [2.45, 2.75) is 44.6 Å². The van der Waals surface area contributed by atoms with E-state index >= 15 is 0 Å². The Morgan fingerprint density at radius 1 is 0.955 bits per heavy atom. The summed E-state index contributed by atoms with van der Waals surface area (Å²) >= 11 is 0.